The molecule has 1 heterocycles. The number of aromatic nitrogens is 1. The van der Waals surface area contributed by atoms with Crippen LogP contribution in [0, 0.1) is 0 Å². The molecule has 11 heteroatoms. The average molecular weight is 313 g/mol. The van der Waals surface area contributed by atoms with Crippen molar-refractivity contribution >= 4 is 21.7 Å². The summed E-state index contributed by atoms with van der Waals surface area (Å²) in [5, 5.41) is 2.57. The highest BCUT2D eigenvalue weighted by Gasteiger charge is 2.31. The second-order valence-corrected chi connectivity index (χ2v) is 5.69. The summed E-state index contributed by atoms with van der Waals surface area (Å²) in [4.78, 5) is 3.77. The van der Waals surface area contributed by atoms with Crippen LogP contribution in [0.4, 0.5) is 24.8 Å². The van der Waals surface area contributed by atoms with E-state index in [1.807, 2.05) is 5.43 Å². The van der Waals surface area contributed by atoms with E-state index in [0.717, 1.165) is 18.4 Å². The summed E-state index contributed by atoms with van der Waals surface area (Å²) in [7, 11) is -3.35. The van der Waals surface area contributed by atoms with Gasteiger partial charge in [0.1, 0.15) is 11.6 Å². The second-order valence-electron chi connectivity index (χ2n) is 3.86. The minimum Gasteiger partial charge on any atom is -0.369 e. The van der Waals surface area contributed by atoms with Crippen molar-refractivity contribution in [3.63, 3.8) is 0 Å². The Bertz CT molecular complexity index is 561. The first-order valence-corrected chi connectivity index (χ1v) is 7.25. The number of rotatable bonds is 6. The predicted molar refractivity (Wildman–Crippen MR) is 68.4 cm³/mol. The fraction of sp³-hybridized carbons (Fsp3) is 0.444. The fourth-order valence-electron chi connectivity index (χ4n) is 1.29. The number of hydrazine groups is 1. The van der Waals surface area contributed by atoms with Gasteiger partial charge in [0.05, 0.1) is 11.8 Å². The molecule has 0 aromatic carbocycles. The minimum atomic E-state index is -4.53. The SMILES string of the molecule is CS(=O)(=O)NCCNc1cc(C(F)(F)F)cc(NN)n1. The van der Waals surface area contributed by atoms with E-state index in [9.17, 15) is 21.6 Å². The van der Waals surface area contributed by atoms with Crippen LogP contribution in [0.1, 0.15) is 5.56 Å². The van der Waals surface area contributed by atoms with Gasteiger partial charge in [-0.2, -0.15) is 13.2 Å². The molecule has 7 nitrogen and oxygen atoms in total. The molecule has 0 saturated heterocycles. The molecular weight excluding hydrogens is 299 g/mol. The van der Waals surface area contributed by atoms with Gasteiger partial charge in [-0.25, -0.2) is 24.0 Å². The third-order valence-electron chi connectivity index (χ3n) is 2.10. The Hall–Kier alpha value is -1.59. The van der Waals surface area contributed by atoms with Gasteiger partial charge < -0.3 is 10.7 Å². The Labute approximate surface area is 113 Å². The molecule has 114 valence electrons. The first kappa shape index (κ1) is 16.5. The van der Waals surface area contributed by atoms with Gasteiger partial charge in [0.2, 0.25) is 10.0 Å². The molecule has 0 aliphatic rings. The molecular formula is C9H14F3N5O2S. The van der Waals surface area contributed by atoms with Crippen molar-refractivity contribution < 1.29 is 21.6 Å². The molecule has 1 aromatic rings. The van der Waals surface area contributed by atoms with Gasteiger partial charge in [-0.05, 0) is 12.1 Å². The Morgan fingerprint density at radius 1 is 1.25 bits per heavy atom. The molecule has 0 spiro atoms. The molecule has 0 bridgehead atoms. The lowest BCUT2D eigenvalue weighted by Crippen LogP contribution is -2.28. The summed E-state index contributed by atoms with van der Waals surface area (Å²) in [5.74, 6) is 4.82. The van der Waals surface area contributed by atoms with Gasteiger partial charge >= 0.3 is 6.18 Å². The number of alkyl halides is 3. The Balaban J connectivity index is 2.75. The highest BCUT2D eigenvalue weighted by atomic mass is 32.2. The van der Waals surface area contributed by atoms with E-state index in [4.69, 9.17) is 5.84 Å². The quantitative estimate of drug-likeness (QED) is 0.343. The maximum Gasteiger partial charge on any atom is 0.416 e. The highest BCUT2D eigenvalue weighted by molar-refractivity contribution is 7.88. The number of nitrogens with zero attached hydrogens (tertiary/aromatic N) is 1. The smallest absolute Gasteiger partial charge is 0.369 e. The monoisotopic (exact) mass is 313 g/mol. The molecule has 1 rings (SSSR count). The molecule has 0 unspecified atom stereocenters. The zero-order valence-electron chi connectivity index (χ0n) is 10.5. The molecule has 0 radical (unpaired) electrons. The van der Waals surface area contributed by atoms with Crippen LogP contribution in [-0.4, -0.2) is 32.7 Å². The van der Waals surface area contributed by atoms with Crippen molar-refractivity contribution in [2.45, 2.75) is 6.18 Å². The molecule has 0 aliphatic carbocycles. The standard InChI is InChI=1S/C9H14F3N5O2S/c1-20(18,19)15-3-2-14-7-4-6(9(10,11)12)5-8(16-7)17-13/h4-5,15H,2-3,13H2,1H3,(H2,14,16,17). The van der Waals surface area contributed by atoms with Crippen LogP contribution in [0.15, 0.2) is 12.1 Å². The van der Waals surface area contributed by atoms with Crippen LogP contribution >= 0.6 is 0 Å². The molecule has 0 atom stereocenters. The van der Waals surface area contributed by atoms with E-state index in [1.54, 1.807) is 0 Å². The lowest BCUT2D eigenvalue weighted by molar-refractivity contribution is -0.137. The van der Waals surface area contributed by atoms with E-state index >= 15 is 0 Å². The van der Waals surface area contributed by atoms with E-state index < -0.39 is 21.8 Å². The van der Waals surface area contributed by atoms with Crippen LogP contribution < -0.4 is 21.3 Å². The summed E-state index contributed by atoms with van der Waals surface area (Å²) in [6.45, 7) is 0.0908. The van der Waals surface area contributed by atoms with E-state index in [2.05, 4.69) is 15.0 Å². The maximum absolute atomic E-state index is 12.6. The zero-order valence-corrected chi connectivity index (χ0v) is 11.3. The zero-order chi connectivity index (χ0) is 15.4. The van der Waals surface area contributed by atoms with Gasteiger partial charge in [-0.3, -0.25) is 0 Å². The van der Waals surface area contributed by atoms with Crippen LogP contribution in [-0.2, 0) is 16.2 Å². The minimum absolute atomic E-state index is 0.0160. The highest BCUT2D eigenvalue weighted by Crippen LogP contribution is 2.31. The normalized spacial score (nSPS) is 12.2. The second kappa shape index (κ2) is 6.24. The molecule has 1 aromatic heterocycles. The van der Waals surface area contributed by atoms with Crippen LogP contribution in [0.25, 0.3) is 0 Å². The van der Waals surface area contributed by atoms with Crippen LogP contribution in [0.3, 0.4) is 0 Å². The molecule has 0 amide bonds. The van der Waals surface area contributed by atoms with Gasteiger partial charge in [-0.15, -0.1) is 0 Å². The summed E-state index contributed by atoms with van der Waals surface area (Å²) < 4.78 is 61.6. The Morgan fingerprint density at radius 3 is 2.35 bits per heavy atom. The van der Waals surface area contributed by atoms with Crippen molar-refractivity contribution in [1.29, 1.82) is 0 Å². The van der Waals surface area contributed by atoms with Crippen molar-refractivity contribution in [2.75, 3.05) is 30.1 Å². The number of sulfonamides is 1. The molecule has 0 saturated carbocycles. The van der Waals surface area contributed by atoms with Gasteiger partial charge in [0.15, 0.2) is 0 Å². The molecule has 5 N–H and O–H groups in total. The fourth-order valence-corrected chi connectivity index (χ4v) is 1.76. The lowest BCUT2D eigenvalue weighted by atomic mass is 10.2. The number of halogens is 3. The summed E-state index contributed by atoms with van der Waals surface area (Å²) >= 11 is 0. The summed E-state index contributed by atoms with van der Waals surface area (Å²) in [6, 6.07) is 1.57. The summed E-state index contributed by atoms with van der Waals surface area (Å²) in [6.07, 6.45) is -3.55. The number of pyridine rings is 1. The number of nitrogens with one attached hydrogen (secondary N) is 3. The number of nitrogens with two attached hydrogens (primary N) is 1. The number of anilines is 2. The van der Waals surface area contributed by atoms with Crippen LogP contribution in [0.5, 0.6) is 0 Å². The van der Waals surface area contributed by atoms with Crippen molar-refractivity contribution in [1.82, 2.24) is 9.71 Å². The number of nitrogen functional groups attached to an aromatic ring is 1. The van der Waals surface area contributed by atoms with Crippen molar-refractivity contribution in [3.05, 3.63) is 17.7 Å². The van der Waals surface area contributed by atoms with Crippen molar-refractivity contribution in [3.8, 4) is 0 Å². The summed E-state index contributed by atoms with van der Waals surface area (Å²) in [5.41, 5.74) is 1.11. The van der Waals surface area contributed by atoms with E-state index in [0.29, 0.717) is 0 Å². The van der Waals surface area contributed by atoms with Gasteiger partial charge in [-0.1, -0.05) is 0 Å². The van der Waals surface area contributed by atoms with Crippen molar-refractivity contribution in [2.24, 2.45) is 5.84 Å². The third-order valence-corrected chi connectivity index (χ3v) is 2.82. The Kier molecular flexibility index (Phi) is 5.14. The average Bonchev–Trinajstić information content (AvgIpc) is 2.32. The topological polar surface area (TPSA) is 109 Å². The number of hydrogen-bond donors (Lipinski definition) is 4. The Morgan fingerprint density at radius 2 is 1.85 bits per heavy atom. The lowest BCUT2D eigenvalue weighted by Gasteiger charge is -2.12. The van der Waals surface area contributed by atoms with E-state index in [-0.39, 0.29) is 24.7 Å². The van der Waals surface area contributed by atoms with Gasteiger partial charge in [0, 0.05) is 13.1 Å². The number of hydrogen-bond acceptors (Lipinski definition) is 6. The first-order chi connectivity index (χ1) is 9.12. The van der Waals surface area contributed by atoms with Crippen LogP contribution in [0.2, 0.25) is 0 Å². The molecule has 0 fully saturated rings. The maximum atomic E-state index is 12.6. The molecule has 20 heavy (non-hydrogen) atoms. The van der Waals surface area contributed by atoms with Gasteiger partial charge in [0.25, 0.3) is 0 Å². The first-order valence-electron chi connectivity index (χ1n) is 5.36. The predicted octanol–water partition coefficient (Wildman–Crippen LogP) is 0.347. The van der Waals surface area contributed by atoms with E-state index in [1.165, 1.54) is 0 Å². The molecule has 0 aliphatic heterocycles. The third kappa shape index (κ3) is 5.59. The largest absolute Gasteiger partial charge is 0.416 e.